The fraction of sp³-hybridized carbons (Fsp3) is 0.882. The van der Waals surface area contributed by atoms with Crippen LogP contribution in [0.3, 0.4) is 0 Å². The van der Waals surface area contributed by atoms with Gasteiger partial charge in [0.05, 0.1) is 5.41 Å². The van der Waals surface area contributed by atoms with Crippen LogP contribution in [0, 0.1) is 5.92 Å². The highest BCUT2D eigenvalue weighted by molar-refractivity contribution is 5.11. The zero-order valence-electron chi connectivity index (χ0n) is 13.5. The molecule has 4 heteroatoms. The van der Waals surface area contributed by atoms with Gasteiger partial charge < -0.3 is 10.3 Å². The molecular formula is C17H29N3O. The molecule has 21 heavy (non-hydrogen) atoms. The molecule has 1 aromatic rings. The van der Waals surface area contributed by atoms with Crippen molar-refractivity contribution in [2.75, 3.05) is 0 Å². The summed E-state index contributed by atoms with van der Waals surface area (Å²) >= 11 is 0. The first kappa shape index (κ1) is 15.0. The normalized spacial score (nSPS) is 37.6. The molecule has 2 N–H and O–H groups in total. The SMILES string of the molecule is CCC1CCC(c2noc(C3(C)CCCCC3N)n2)CC1. The highest BCUT2D eigenvalue weighted by Gasteiger charge is 2.41. The first-order chi connectivity index (χ1) is 10.1. The third kappa shape index (κ3) is 2.87. The molecule has 2 atom stereocenters. The van der Waals surface area contributed by atoms with E-state index in [1.165, 1.54) is 44.9 Å². The Labute approximate surface area is 127 Å². The summed E-state index contributed by atoms with van der Waals surface area (Å²) in [6, 6.07) is 0.148. The van der Waals surface area contributed by atoms with Gasteiger partial charge in [0.25, 0.3) is 0 Å². The molecule has 118 valence electrons. The van der Waals surface area contributed by atoms with E-state index < -0.39 is 0 Å². The second-order valence-electron chi connectivity index (χ2n) is 7.35. The van der Waals surface area contributed by atoms with E-state index in [1.807, 2.05) is 0 Å². The first-order valence-electron chi connectivity index (χ1n) is 8.73. The molecular weight excluding hydrogens is 262 g/mol. The lowest BCUT2D eigenvalue weighted by Gasteiger charge is -2.36. The second kappa shape index (κ2) is 6.07. The van der Waals surface area contributed by atoms with Crippen LogP contribution >= 0.6 is 0 Å². The quantitative estimate of drug-likeness (QED) is 0.917. The lowest BCUT2D eigenvalue weighted by Crippen LogP contribution is -2.45. The van der Waals surface area contributed by atoms with Crippen molar-refractivity contribution in [3.05, 3.63) is 11.7 Å². The van der Waals surface area contributed by atoms with Crippen LogP contribution < -0.4 is 5.73 Å². The minimum absolute atomic E-state index is 0.121. The van der Waals surface area contributed by atoms with Gasteiger partial charge in [-0.2, -0.15) is 4.98 Å². The summed E-state index contributed by atoms with van der Waals surface area (Å²) < 4.78 is 5.64. The van der Waals surface area contributed by atoms with Gasteiger partial charge in [-0.05, 0) is 51.4 Å². The molecule has 0 amide bonds. The molecule has 1 heterocycles. The highest BCUT2D eigenvalue weighted by Crippen LogP contribution is 2.40. The van der Waals surface area contributed by atoms with Crippen molar-refractivity contribution in [3.63, 3.8) is 0 Å². The van der Waals surface area contributed by atoms with Crippen LogP contribution in [0.4, 0.5) is 0 Å². The average Bonchev–Trinajstić information content (AvgIpc) is 3.01. The maximum Gasteiger partial charge on any atom is 0.234 e. The molecule has 2 aliphatic carbocycles. The van der Waals surface area contributed by atoms with Crippen LogP contribution in [-0.2, 0) is 5.41 Å². The number of rotatable bonds is 3. The summed E-state index contributed by atoms with van der Waals surface area (Å²) in [5.41, 5.74) is 6.22. The molecule has 0 saturated heterocycles. The maximum absolute atomic E-state index is 6.34. The lowest BCUT2D eigenvalue weighted by atomic mass is 9.72. The zero-order valence-corrected chi connectivity index (χ0v) is 13.5. The predicted octanol–water partition coefficient (Wildman–Crippen LogP) is 3.91. The molecule has 0 bridgehead atoms. The Morgan fingerprint density at radius 1 is 1.19 bits per heavy atom. The van der Waals surface area contributed by atoms with Crippen molar-refractivity contribution < 1.29 is 4.52 Å². The van der Waals surface area contributed by atoms with Crippen molar-refractivity contribution >= 4 is 0 Å². The summed E-state index contributed by atoms with van der Waals surface area (Å²) in [6.45, 7) is 4.49. The molecule has 0 radical (unpaired) electrons. The van der Waals surface area contributed by atoms with Crippen LogP contribution in [0.2, 0.25) is 0 Å². The number of hydrogen-bond donors (Lipinski definition) is 1. The fourth-order valence-corrected chi connectivity index (χ4v) is 4.09. The molecule has 0 spiro atoms. The topological polar surface area (TPSA) is 64.9 Å². The monoisotopic (exact) mass is 291 g/mol. The largest absolute Gasteiger partial charge is 0.339 e. The standard InChI is InChI=1S/C17H29N3O/c1-3-12-7-9-13(10-8-12)15-19-16(21-20-15)17(2)11-5-4-6-14(17)18/h12-14H,3-11,18H2,1-2H3. The van der Waals surface area contributed by atoms with Crippen LogP contribution in [0.1, 0.15) is 89.3 Å². The van der Waals surface area contributed by atoms with Crippen molar-refractivity contribution in [2.45, 2.75) is 89.0 Å². The summed E-state index contributed by atoms with van der Waals surface area (Å²) in [4.78, 5) is 4.77. The van der Waals surface area contributed by atoms with Gasteiger partial charge in [-0.15, -0.1) is 0 Å². The molecule has 2 saturated carbocycles. The predicted molar refractivity (Wildman–Crippen MR) is 83.1 cm³/mol. The van der Waals surface area contributed by atoms with Crippen molar-refractivity contribution in [3.8, 4) is 0 Å². The Morgan fingerprint density at radius 3 is 2.62 bits per heavy atom. The average molecular weight is 291 g/mol. The third-order valence-corrected chi connectivity index (χ3v) is 6.00. The molecule has 0 aromatic carbocycles. The summed E-state index contributed by atoms with van der Waals surface area (Å²) in [6.07, 6.45) is 10.9. The first-order valence-corrected chi connectivity index (χ1v) is 8.73. The van der Waals surface area contributed by atoms with Gasteiger partial charge in [0.15, 0.2) is 5.82 Å². The minimum Gasteiger partial charge on any atom is -0.339 e. The summed E-state index contributed by atoms with van der Waals surface area (Å²) in [5, 5.41) is 4.30. The van der Waals surface area contributed by atoms with Crippen molar-refractivity contribution in [1.29, 1.82) is 0 Å². The second-order valence-corrected chi connectivity index (χ2v) is 7.35. The van der Waals surface area contributed by atoms with E-state index in [0.29, 0.717) is 5.92 Å². The van der Waals surface area contributed by atoms with Gasteiger partial charge in [-0.3, -0.25) is 0 Å². The van der Waals surface area contributed by atoms with Crippen molar-refractivity contribution in [1.82, 2.24) is 10.1 Å². The van der Waals surface area contributed by atoms with Gasteiger partial charge in [-0.25, -0.2) is 0 Å². The Bertz CT molecular complexity index is 464. The molecule has 1 aromatic heterocycles. The Balaban J connectivity index is 1.71. The van der Waals surface area contributed by atoms with Crippen LogP contribution in [0.25, 0.3) is 0 Å². The number of nitrogens with zero attached hydrogens (tertiary/aromatic N) is 2. The van der Waals surface area contributed by atoms with Crippen LogP contribution in [0.15, 0.2) is 4.52 Å². The molecule has 3 rings (SSSR count). The number of hydrogen-bond acceptors (Lipinski definition) is 4. The van der Waals surface area contributed by atoms with E-state index in [9.17, 15) is 0 Å². The Kier molecular flexibility index (Phi) is 4.34. The summed E-state index contributed by atoms with van der Waals surface area (Å²) in [7, 11) is 0. The molecule has 4 nitrogen and oxygen atoms in total. The van der Waals surface area contributed by atoms with Crippen LogP contribution in [-0.4, -0.2) is 16.2 Å². The van der Waals surface area contributed by atoms with E-state index >= 15 is 0 Å². The summed E-state index contributed by atoms with van der Waals surface area (Å²) in [5.74, 6) is 3.10. The van der Waals surface area contributed by atoms with Gasteiger partial charge in [-0.1, -0.05) is 31.3 Å². The van der Waals surface area contributed by atoms with E-state index in [0.717, 1.165) is 30.5 Å². The van der Waals surface area contributed by atoms with Gasteiger partial charge in [0.1, 0.15) is 0 Å². The van der Waals surface area contributed by atoms with E-state index in [2.05, 4.69) is 19.0 Å². The molecule has 0 aliphatic heterocycles. The van der Waals surface area contributed by atoms with E-state index in [4.69, 9.17) is 15.2 Å². The van der Waals surface area contributed by atoms with E-state index in [1.54, 1.807) is 0 Å². The molecule has 2 aliphatic rings. The van der Waals surface area contributed by atoms with Crippen molar-refractivity contribution in [2.24, 2.45) is 11.7 Å². The fourth-order valence-electron chi connectivity index (χ4n) is 4.09. The number of nitrogens with two attached hydrogens (primary N) is 1. The Hall–Kier alpha value is -0.900. The van der Waals surface area contributed by atoms with Gasteiger partial charge >= 0.3 is 0 Å². The molecule has 2 unspecified atom stereocenters. The molecule has 2 fully saturated rings. The smallest absolute Gasteiger partial charge is 0.234 e. The Morgan fingerprint density at radius 2 is 1.95 bits per heavy atom. The minimum atomic E-state index is -0.121. The van der Waals surface area contributed by atoms with Gasteiger partial charge in [0, 0.05) is 12.0 Å². The lowest BCUT2D eigenvalue weighted by molar-refractivity contribution is 0.202. The zero-order chi connectivity index (χ0) is 14.9. The third-order valence-electron chi connectivity index (χ3n) is 6.00. The maximum atomic E-state index is 6.34. The number of aromatic nitrogens is 2. The van der Waals surface area contributed by atoms with Crippen LogP contribution in [0.5, 0.6) is 0 Å². The van der Waals surface area contributed by atoms with Gasteiger partial charge in [0.2, 0.25) is 5.89 Å². The van der Waals surface area contributed by atoms with E-state index in [-0.39, 0.29) is 11.5 Å². The highest BCUT2D eigenvalue weighted by atomic mass is 16.5.